The normalized spacial score (nSPS) is 18.2. The lowest BCUT2D eigenvalue weighted by Crippen LogP contribution is -2.45. The highest BCUT2D eigenvalue weighted by molar-refractivity contribution is 5.94. The molecule has 1 amide bonds. The SMILES string of the molecule is O=C(NC1CCCNC1)c1ccc(-c2ccccc2)cc1. The summed E-state index contributed by atoms with van der Waals surface area (Å²) in [6, 6.07) is 18.2. The van der Waals surface area contributed by atoms with Gasteiger partial charge in [0, 0.05) is 18.2 Å². The minimum Gasteiger partial charge on any atom is -0.348 e. The van der Waals surface area contributed by atoms with Crippen LogP contribution in [-0.4, -0.2) is 25.0 Å². The highest BCUT2D eigenvalue weighted by Crippen LogP contribution is 2.19. The Morgan fingerprint density at radius 3 is 2.38 bits per heavy atom. The maximum atomic E-state index is 12.2. The summed E-state index contributed by atoms with van der Waals surface area (Å²) in [5, 5.41) is 6.40. The fourth-order valence-electron chi connectivity index (χ4n) is 2.69. The van der Waals surface area contributed by atoms with Gasteiger partial charge in [0.2, 0.25) is 0 Å². The Hall–Kier alpha value is -2.13. The van der Waals surface area contributed by atoms with Crippen molar-refractivity contribution >= 4 is 5.91 Å². The lowest BCUT2D eigenvalue weighted by Gasteiger charge is -2.23. The van der Waals surface area contributed by atoms with E-state index < -0.39 is 0 Å². The van der Waals surface area contributed by atoms with Crippen molar-refractivity contribution < 1.29 is 4.79 Å². The molecule has 2 N–H and O–H groups in total. The molecule has 0 radical (unpaired) electrons. The van der Waals surface area contributed by atoms with Gasteiger partial charge < -0.3 is 10.6 Å². The highest BCUT2D eigenvalue weighted by Gasteiger charge is 2.16. The average molecular weight is 280 g/mol. The van der Waals surface area contributed by atoms with Crippen molar-refractivity contribution in [2.24, 2.45) is 0 Å². The molecule has 3 heteroatoms. The number of benzene rings is 2. The number of nitrogens with one attached hydrogen (secondary N) is 2. The van der Waals surface area contributed by atoms with E-state index in [2.05, 4.69) is 22.8 Å². The van der Waals surface area contributed by atoms with E-state index in [1.54, 1.807) is 0 Å². The number of hydrogen-bond acceptors (Lipinski definition) is 2. The molecule has 1 fully saturated rings. The number of hydrogen-bond donors (Lipinski definition) is 2. The topological polar surface area (TPSA) is 41.1 Å². The molecular formula is C18H20N2O. The summed E-state index contributed by atoms with van der Waals surface area (Å²) >= 11 is 0. The van der Waals surface area contributed by atoms with E-state index in [-0.39, 0.29) is 11.9 Å². The van der Waals surface area contributed by atoms with Gasteiger partial charge in [0.15, 0.2) is 0 Å². The van der Waals surface area contributed by atoms with E-state index in [1.807, 2.05) is 42.5 Å². The number of amides is 1. The molecule has 0 aliphatic carbocycles. The molecule has 2 aromatic rings. The number of carbonyl (C=O) groups excluding carboxylic acids is 1. The third kappa shape index (κ3) is 3.50. The van der Waals surface area contributed by atoms with E-state index in [1.165, 1.54) is 5.56 Å². The predicted molar refractivity (Wildman–Crippen MR) is 85.2 cm³/mol. The Kier molecular flexibility index (Phi) is 4.31. The van der Waals surface area contributed by atoms with E-state index in [4.69, 9.17) is 0 Å². The fourth-order valence-corrected chi connectivity index (χ4v) is 2.69. The lowest BCUT2D eigenvalue weighted by atomic mass is 10.0. The average Bonchev–Trinajstić information content (AvgIpc) is 2.57. The maximum absolute atomic E-state index is 12.2. The summed E-state index contributed by atoms with van der Waals surface area (Å²) in [5.74, 6) is 0.0170. The second-order valence-corrected chi connectivity index (χ2v) is 5.46. The van der Waals surface area contributed by atoms with Crippen molar-refractivity contribution in [2.45, 2.75) is 18.9 Å². The monoisotopic (exact) mass is 280 g/mol. The first-order valence-corrected chi connectivity index (χ1v) is 7.50. The highest BCUT2D eigenvalue weighted by atomic mass is 16.1. The summed E-state index contributed by atoms with van der Waals surface area (Å²) in [6.07, 6.45) is 2.18. The standard InChI is InChI=1S/C18H20N2O/c21-18(20-17-7-4-12-19-13-17)16-10-8-15(9-11-16)14-5-2-1-3-6-14/h1-3,5-6,8-11,17,19H,4,7,12-13H2,(H,20,21). The Morgan fingerprint density at radius 2 is 1.71 bits per heavy atom. The maximum Gasteiger partial charge on any atom is 0.251 e. The van der Waals surface area contributed by atoms with E-state index in [0.29, 0.717) is 0 Å². The number of carbonyl (C=O) groups is 1. The molecule has 3 nitrogen and oxygen atoms in total. The molecule has 1 atom stereocenters. The molecule has 0 saturated carbocycles. The van der Waals surface area contributed by atoms with E-state index in [9.17, 15) is 4.79 Å². The lowest BCUT2D eigenvalue weighted by molar-refractivity contribution is 0.0930. The molecular weight excluding hydrogens is 260 g/mol. The Morgan fingerprint density at radius 1 is 1.00 bits per heavy atom. The van der Waals surface area contributed by atoms with Gasteiger partial charge in [-0.2, -0.15) is 0 Å². The van der Waals surface area contributed by atoms with Gasteiger partial charge >= 0.3 is 0 Å². The van der Waals surface area contributed by atoms with Crippen molar-refractivity contribution in [3.05, 3.63) is 60.2 Å². The zero-order chi connectivity index (χ0) is 14.5. The van der Waals surface area contributed by atoms with Crippen LogP contribution < -0.4 is 10.6 Å². The third-order valence-electron chi connectivity index (χ3n) is 3.89. The van der Waals surface area contributed by atoms with Crippen molar-refractivity contribution in [1.82, 2.24) is 10.6 Å². The molecule has 1 saturated heterocycles. The minimum absolute atomic E-state index is 0.0170. The van der Waals surface area contributed by atoms with E-state index >= 15 is 0 Å². The summed E-state index contributed by atoms with van der Waals surface area (Å²) in [6.45, 7) is 1.92. The van der Waals surface area contributed by atoms with Crippen LogP contribution in [0.2, 0.25) is 0 Å². The molecule has 3 rings (SSSR count). The molecule has 1 heterocycles. The van der Waals surface area contributed by atoms with Crippen molar-refractivity contribution in [2.75, 3.05) is 13.1 Å². The van der Waals surface area contributed by atoms with E-state index in [0.717, 1.165) is 37.1 Å². The van der Waals surface area contributed by atoms with Gasteiger partial charge in [0.1, 0.15) is 0 Å². The molecule has 0 bridgehead atoms. The van der Waals surface area contributed by atoms with Gasteiger partial charge in [-0.3, -0.25) is 4.79 Å². The van der Waals surface area contributed by atoms with Gasteiger partial charge in [-0.25, -0.2) is 0 Å². The number of rotatable bonds is 3. The van der Waals surface area contributed by atoms with Crippen LogP contribution in [0.25, 0.3) is 11.1 Å². The molecule has 0 aromatic heterocycles. The van der Waals surface area contributed by atoms with Crippen LogP contribution in [0.4, 0.5) is 0 Å². The van der Waals surface area contributed by atoms with Crippen molar-refractivity contribution in [3.63, 3.8) is 0 Å². The zero-order valence-electron chi connectivity index (χ0n) is 12.0. The summed E-state index contributed by atoms with van der Waals surface area (Å²) in [7, 11) is 0. The van der Waals surface area contributed by atoms with Gasteiger partial charge in [-0.05, 0) is 42.6 Å². The zero-order valence-corrected chi connectivity index (χ0v) is 12.0. The quantitative estimate of drug-likeness (QED) is 0.907. The molecule has 21 heavy (non-hydrogen) atoms. The Labute approximate surface area is 125 Å². The van der Waals surface area contributed by atoms with Gasteiger partial charge in [-0.1, -0.05) is 42.5 Å². The van der Waals surface area contributed by atoms with Gasteiger partial charge in [0.25, 0.3) is 5.91 Å². The molecule has 2 aromatic carbocycles. The van der Waals surface area contributed by atoms with Crippen LogP contribution in [0.1, 0.15) is 23.2 Å². The summed E-state index contributed by atoms with van der Waals surface area (Å²) < 4.78 is 0. The third-order valence-corrected chi connectivity index (χ3v) is 3.89. The second kappa shape index (κ2) is 6.55. The van der Waals surface area contributed by atoms with Crippen LogP contribution in [-0.2, 0) is 0 Å². The van der Waals surface area contributed by atoms with Crippen LogP contribution in [0.5, 0.6) is 0 Å². The summed E-state index contributed by atoms with van der Waals surface area (Å²) in [5.41, 5.74) is 3.02. The first-order valence-electron chi connectivity index (χ1n) is 7.50. The largest absolute Gasteiger partial charge is 0.348 e. The summed E-state index contributed by atoms with van der Waals surface area (Å²) in [4.78, 5) is 12.2. The van der Waals surface area contributed by atoms with Crippen molar-refractivity contribution in [1.29, 1.82) is 0 Å². The van der Waals surface area contributed by atoms with Crippen LogP contribution in [0.15, 0.2) is 54.6 Å². The first-order chi connectivity index (χ1) is 10.3. The molecule has 108 valence electrons. The van der Waals surface area contributed by atoms with Crippen LogP contribution in [0, 0.1) is 0 Å². The van der Waals surface area contributed by atoms with Gasteiger partial charge in [0.05, 0.1) is 0 Å². The molecule has 1 aliphatic heterocycles. The van der Waals surface area contributed by atoms with Crippen LogP contribution >= 0.6 is 0 Å². The Balaban J connectivity index is 1.67. The second-order valence-electron chi connectivity index (χ2n) is 5.46. The smallest absolute Gasteiger partial charge is 0.251 e. The predicted octanol–water partition coefficient (Wildman–Crippen LogP) is 2.84. The molecule has 0 spiro atoms. The van der Waals surface area contributed by atoms with Crippen LogP contribution in [0.3, 0.4) is 0 Å². The molecule has 1 unspecified atom stereocenters. The van der Waals surface area contributed by atoms with Crippen molar-refractivity contribution in [3.8, 4) is 11.1 Å². The fraction of sp³-hybridized carbons (Fsp3) is 0.278. The first kappa shape index (κ1) is 13.8. The van der Waals surface area contributed by atoms with Gasteiger partial charge in [-0.15, -0.1) is 0 Å². The number of piperidine rings is 1. The Bertz CT molecular complexity index is 586. The minimum atomic E-state index is 0.0170. The molecule has 1 aliphatic rings.